The first-order valence-corrected chi connectivity index (χ1v) is 3.33. The largest absolute Gasteiger partial charge is 0.312 e. The van der Waals surface area contributed by atoms with Gasteiger partial charge in [0.1, 0.15) is 5.82 Å². The molecule has 0 fully saturated rings. The monoisotopic (exact) mass is 149 g/mol. The molecule has 11 heavy (non-hydrogen) atoms. The van der Waals surface area contributed by atoms with Crippen LogP contribution < -0.4 is 0 Å². The first-order valence-electron chi connectivity index (χ1n) is 3.33. The zero-order chi connectivity index (χ0) is 8.27. The predicted octanol–water partition coefficient (Wildman–Crippen LogP) is 2.55. The van der Waals surface area contributed by atoms with Crippen molar-refractivity contribution in [2.75, 3.05) is 0 Å². The molecule has 1 aromatic rings. The highest BCUT2D eigenvalue weighted by molar-refractivity contribution is 5.27. The molecule has 0 atom stereocenters. The fourth-order valence-corrected chi connectivity index (χ4v) is 0.909. The molecule has 0 aliphatic carbocycles. The Kier molecular flexibility index (Phi) is 2.22. The molecule has 0 unspecified atom stereocenters. The van der Waals surface area contributed by atoms with Crippen molar-refractivity contribution in [3.63, 3.8) is 0 Å². The summed E-state index contributed by atoms with van der Waals surface area (Å²) in [5.41, 5.74) is 1.36. The van der Waals surface area contributed by atoms with Crippen LogP contribution in [0.3, 0.4) is 0 Å². The number of hydrogen-bond donors (Lipinski definition) is 0. The summed E-state index contributed by atoms with van der Waals surface area (Å²) in [6.45, 7) is 8.57. The summed E-state index contributed by atoms with van der Waals surface area (Å²) >= 11 is 0. The molecule has 0 heterocycles. The summed E-state index contributed by atoms with van der Waals surface area (Å²) in [5, 5.41) is 0. The third-order valence-corrected chi connectivity index (χ3v) is 1.63. The fourth-order valence-electron chi connectivity index (χ4n) is 0.909. The SMILES string of the molecule is [C-]#[N+]Cc1cccc(F)c1C. The van der Waals surface area contributed by atoms with Gasteiger partial charge in [0.2, 0.25) is 6.54 Å². The van der Waals surface area contributed by atoms with Crippen molar-refractivity contribution >= 4 is 0 Å². The van der Waals surface area contributed by atoms with Crippen molar-refractivity contribution < 1.29 is 4.39 Å². The Morgan fingerprint density at radius 2 is 2.27 bits per heavy atom. The minimum absolute atomic E-state index is 0.230. The van der Waals surface area contributed by atoms with E-state index in [9.17, 15) is 4.39 Å². The van der Waals surface area contributed by atoms with Crippen molar-refractivity contribution in [2.45, 2.75) is 13.5 Å². The lowest BCUT2D eigenvalue weighted by Gasteiger charge is -1.98. The maximum atomic E-state index is 12.8. The summed E-state index contributed by atoms with van der Waals surface area (Å²) in [6.07, 6.45) is 0. The molecule has 2 heteroatoms. The lowest BCUT2D eigenvalue weighted by Crippen LogP contribution is -1.89. The Morgan fingerprint density at radius 1 is 1.55 bits per heavy atom. The zero-order valence-corrected chi connectivity index (χ0v) is 6.26. The molecule has 0 N–H and O–H groups in total. The summed E-state index contributed by atoms with van der Waals surface area (Å²) in [5.74, 6) is -0.230. The van der Waals surface area contributed by atoms with Gasteiger partial charge in [0, 0.05) is 5.56 Å². The van der Waals surface area contributed by atoms with Crippen LogP contribution >= 0.6 is 0 Å². The summed E-state index contributed by atoms with van der Waals surface area (Å²) < 4.78 is 12.8. The Bertz CT molecular complexity index is 299. The van der Waals surface area contributed by atoms with E-state index in [1.165, 1.54) is 6.07 Å². The number of hydrogen-bond acceptors (Lipinski definition) is 0. The van der Waals surface area contributed by atoms with Crippen molar-refractivity contribution in [1.82, 2.24) is 0 Å². The van der Waals surface area contributed by atoms with Gasteiger partial charge in [-0.15, -0.1) is 0 Å². The van der Waals surface area contributed by atoms with Gasteiger partial charge in [0.05, 0.1) is 0 Å². The summed E-state index contributed by atoms with van der Waals surface area (Å²) in [7, 11) is 0. The molecule has 0 amide bonds. The second-order valence-corrected chi connectivity index (χ2v) is 2.34. The highest BCUT2D eigenvalue weighted by Gasteiger charge is 2.03. The van der Waals surface area contributed by atoms with Crippen LogP contribution in [0.2, 0.25) is 0 Å². The van der Waals surface area contributed by atoms with Gasteiger partial charge >= 0.3 is 0 Å². The van der Waals surface area contributed by atoms with Crippen LogP contribution in [-0.4, -0.2) is 0 Å². The fraction of sp³-hybridized carbons (Fsp3) is 0.222. The second kappa shape index (κ2) is 3.16. The van der Waals surface area contributed by atoms with Crippen LogP contribution in [0.25, 0.3) is 4.85 Å². The van der Waals surface area contributed by atoms with Gasteiger partial charge in [-0.1, -0.05) is 12.1 Å². The molecule has 56 valence electrons. The summed E-state index contributed by atoms with van der Waals surface area (Å²) in [6, 6.07) is 4.81. The maximum Gasteiger partial charge on any atom is 0.240 e. The molecular formula is C9H8FN. The standard InChI is InChI=1S/C9H8FN/c1-7-8(6-11-2)4-3-5-9(7)10/h3-5H,6H2,1H3. The van der Waals surface area contributed by atoms with Crippen molar-refractivity contribution in [3.05, 3.63) is 46.6 Å². The molecule has 0 bridgehead atoms. The molecule has 0 saturated carbocycles. The maximum absolute atomic E-state index is 12.8. The molecule has 0 radical (unpaired) electrons. The quantitative estimate of drug-likeness (QED) is 0.540. The second-order valence-electron chi connectivity index (χ2n) is 2.34. The van der Waals surface area contributed by atoms with Gasteiger partial charge in [-0.3, -0.25) is 0 Å². The van der Waals surface area contributed by atoms with E-state index in [1.54, 1.807) is 19.1 Å². The molecule has 0 aliphatic rings. The molecule has 0 spiro atoms. The minimum Gasteiger partial charge on any atom is -0.312 e. The zero-order valence-electron chi connectivity index (χ0n) is 6.26. The minimum atomic E-state index is -0.230. The molecule has 1 nitrogen and oxygen atoms in total. The van der Waals surface area contributed by atoms with E-state index in [0.29, 0.717) is 5.56 Å². The van der Waals surface area contributed by atoms with Gasteiger partial charge in [-0.25, -0.2) is 11.0 Å². The molecule has 0 aliphatic heterocycles. The molecule has 0 aromatic heterocycles. The van der Waals surface area contributed by atoms with E-state index in [2.05, 4.69) is 4.85 Å². The number of rotatable bonds is 1. The van der Waals surface area contributed by atoms with E-state index in [0.717, 1.165) is 5.56 Å². The highest BCUT2D eigenvalue weighted by atomic mass is 19.1. The van der Waals surface area contributed by atoms with Crippen molar-refractivity contribution in [3.8, 4) is 0 Å². The number of benzene rings is 1. The Balaban J connectivity index is 3.08. The average molecular weight is 149 g/mol. The normalized spacial score (nSPS) is 9.18. The van der Waals surface area contributed by atoms with E-state index < -0.39 is 0 Å². The highest BCUT2D eigenvalue weighted by Crippen LogP contribution is 2.12. The van der Waals surface area contributed by atoms with E-state index in [-0.39, 0.29) is 12.4 Å². The van der Waals surface area contributed by atoms with E-state index in [1.807, 2.05) is 0 Å². The Hall–Kier alpha value is -1.36. The molecular weight excluding hydrogens is 141 g/mol. The number of halogens is 1. The first-order chi connectivity index (χ1) is 5.25. The Labute approximate surface area is 65.3 Å². The van der Waals surface area contributed by atoms with Gasteiger partial charge in [0.25, 0.3) is 0 Å². The van der Waals surface area contributed by atoms with Gasteiger partial charge in [-0.2, -0.15) is 0 Å². The molecule has 0 saturated heterocycles. The van der Waals surface area contributed by atoms with Crippen molar-refractivity contribution in [1.29, 1.82) is 0 Å². The van der Waals surface area contributed by atoms with Crippen LogP contribution in [0.1, 0.15) is 11.1 Å². The average Bonchev–Trinajstić information content (AvgIpc) is 1.99. The molecule has 1 aromatic carbocycles. The van der Waals surface area contributed by atoms with Gasteiger partial charge in [-0.05, 0) is 18.6 Å². The Morgan fingerprint density at radius 3 is 2.91 bits per heavy atom. The van der Waals surface area contributed by atoms with Gasteiger partial charge < -0.3 is 4.85 Å². The van der Waals surface area contributed by atoms with Crippen LogP contribution in [-0.2, 0) is 6.54 Å². The van der Waals surface area contributed by atoms with Crippen LogP contribution in [0.15, 0.2) is 18.2 Å². The van der Waals surface area contributed by atoms with E-state index >= 15 is 0 Å². The third kappa shape index (κ3) is 1.56. The van der Waals surface area contributed by atoms with Crippen LogP contribution in [0, 0.1) is 19.3 Å². The van der Waals surface area contributed by atoms with E-state index in [4.69, 9.17) is 6.57 Å². The third-order valence-electron chi connectivity index (χ3n) is 1.63. The first kappa shape index (κ1) is 7.74. The molecule has 1 rings (SSSR count). The van der Waals surface area contributed by atoms with Crippen molar-refractivity contribution in [2.24, 2.45) is 0 Å². The lowest BCUT2D eigenvalue weighted by atomic mass is 10.1. The van der Waals surface area contributed by atoms with Crippen LogP contribution in [0.5, 0.6) is 0 Å². The van der Waals surface area contributed by atoms with Crippen LogP contribution in [0.4, 0.5) is 4.39 Å². The lowest BCUT2D eigenvalue weighted by molar-refractivity contribution is 0.616. The number of nitrogens with zero attached hydrogens (tertiary/aromatic N) is 1. The smallest absolute Gasteiger partial charge is 0.240 e. The topological polar surface area (TPSA) is 4.36 Å². The van der Waals surface area contributed by atoms with Gasteiger partial charge in [0.15, 0.2) is 0 Å². The summed E-state index contributed by atoms with van der Waals surface area (Å²) in [4.78, 5) is 3.19. The predicted molar refractivity (Wildman–Crippen MR) is 41.4 cm³/mol.